The molecule has 0 N–H and O–H groups in total. The van der Waals surface area contributed by atoms with Gasteiger partial charge in [-0.15, -0.1) is 0 Å². The summed E-state index contributed by atoms with van der Waals surface area (Å²) in [6.07, 6.45) is 6.44. The molecule has 0 saturated carbocycles. The Bertz CT molecular complexity index is 412. The van der Waals surface area contributed by atoms with Crippen molar-refractivity contribution in [2.24, 2.45) is 0 Å². The largest absolute Gasteiger partial charge is 0.463 e. The molecule has 0 aliphatic rings. The number of hydrogen-bond donors (Lipinski definition) is 0. The van der Waals surface area contributed by atoms with Crippen molar-refractivity contribution >= 4 is 5.97 Å². The third-order valence-corrected chi connectivity index (χ3v) is 2.96. The maximum absolute atomic E-state index is 11.4. The summed E-state index contributed by atoms with van der Waals surface area (Å²) < 4.78 is 4.93. The predicted octanol–water partition coefficient (Wildman–Crippen LogP) is 3.86. The van der Waals surface area contributed by atoms with Crippen LogP contribution in [0.3, 0.4) is 0 Å². The molecule has 0 radical (unpaired) electrons. The van der Waals surface area contributed by atoms with Crippen LogP contribution >= 0.6 is 0 Å². The van der Waals surface area contributed by atoms with Gasteiger partial charge in [-0.3, -0.25) is 4.98 Å². The molecular formula is C16H23NO2. The van der Waals surface area contributed by atoms with Gasteiger partial charge in [0.15, 0.2) is 0 Å². The van der Waals surface area contributed by atoms with Crippen LogP contribution in [0.15, 0.2) is 36.0 Å². The van der Waals surface area contributed by atoms with E-state index in [-0.39, 0.29) is 5.97 Å². The van der Waals surface area contributed by atoms with E-state index in [1.807, 2.05) is 32.2 Å². The van der Waals surface area contributed by atoms with E-state index < -0.39 is 0 Å². The van der Waals surface area contributed by atoms with Crippen LogP contribution in [0.1, 0.15) is 51.6 Å². The van der Waals surface area contributed by atoms with Gasteiger partial charge in [-0.2, -0.15) is 0 Å². The number of carbonyl (C=O) groups is 1. The summed E-state index contributed by atoms with van der Waals surface area (Å²) in [7, 11) is 0. The molecule has 3 nitrogen and oxygen atoms in total. The van der Waals surface area contributed by atoms with E-state index in [4.69, 9.17) is 4.74 Å². The second-order valence-corrected chi connectivity index (χ2v) is 4.69. The minimum atomic E-state index is -0.253. The van der Waals surface area contributed by atoms with Crippen LogP contribution in [0.2, 0.25) is 0 Å². The molecule has 0 aromatic carbocycles. The maximum atomic E-state index is 11.4. The first-order valence-corrected chi connectivity index (χ1v) is 6.92. The highest BCUT2D eigenvalue weighted by atomic mass is 16.5. The van der Waals surface area contributed by atoms with Crippen molar-refractivity contribution < 1.29 is 9.53 Å². The maximum Gasteiger partial charge on any atom is 0.330 e. The van der Waals surface area contributed by atoms with Gasteiger partial charge < -0.3 is 4.74 Å². The fraction of sp³-hybridized carbons (Fsp3) is 0.500. The highest BCUT2D eigenvalue weighted by Gasteiger charge is 2.13. The van der Waals surface area contributed by atoms with Gasteiger partial charge in [0, 0.05) is 23.9 Å². The molecule has 0 aliphatic heterocycles. The molecule has 1 unspecified atom stereocenters. The van der Waals surface area contributed by atoms with E-state index >= 15 is 0 Å². The van der Waals surface area contributed by atoms with Gasteiger partial charge in [-0.1, -0.05) is 25.0 Å². The fourth-order valence-electron chi connectivity index (χ4n) is 2.15. The number of allylic oxidation sites excluding steroid dienone is 1. The Morgan fingerprint density at radius 2 is 2.21 bits per heavy atom. The predicted molar refractivity (Wildman–Crippen MR) is 76.9 cm³/mol. The summed E-state index contributed by atoms with van der Waals surface area (Å²) in [5.74, 6) is 0.119. The molecule has 1 aromatic heterocycles. The van der Waals surface area contributed by atoms with Crippen molar-refractivity contribution in [3.63, 3.8) is 0 Å². The smallest absolute Gasteiger partial charge is 0.330 e. The zero-order valence-corrected chi connectivity index (χ0v) is 12.1. The normalized spacial score (nSPS) is 13.1. The SMILES string of the molecule is CCCC(CC(C)=CC(=O)OCC)c1ccccn1. The first-order chi connectivity index (χ1) is 9.17. The van der Waals surface area contributed by atoms with Gasteiger partial charge in [0.05, 0.1) is 6.61 Å². The highest BCUT2D eigenvalue weighted by Crippen LogP contribution is 2.26. The Morgan fingerprint density at radius 3 is 2.79 bits per heavy atom. The Morgan fingerprint density at radius 1 is 1.42 bits per heavy atom. The van der Waals surface area contributed by atoms with Crippen LogP contribution < -0.4 is 0 Å². The summed E-state index contributed by atoms with van der Waals surface area (Å²) in [5, 5.41) is 0. The lowest BCUT2D eigenvalue weighted by molar-refractivity contribution is -0.137. The van der Waals surface area contributed by atoms with E-state index in [0.29, 0.717) is 12.5 Å². The molecule has 1 rings (SSSR count). The van der Waals surface area contributed by atoms with E-state index in [2.05, 4.69) is 18.0 Å². The first kappa shape index (κ1) is 15.4. The Kier molecular flexibility index (Phi) is 6.86. The van der Waals surface area contributed by atoms with Gasteiger partial charge in [0.1, 0.15) is 0 Å². The van der Waals surface area contributed by atoms with Gasteiger partial charge in [-0.25, -0.2) is 4.79 Å². The lowest BCUT2D eigenvalue weighted by atomic mass is 9.92. The molecule has 1 heterocycles. The van der Waals surface area contributed by atoms with E-state index in [0.717, 1.165) is 30.5 Å². The van der Waals surface area contributed by atoms with Crippen molar-refractivity contribution in [1.29, 1.82) is 0 Å². The van der Waals surface area contributed by atoms with Crippen molar-refractivity contribution in [3.8, 4) is 0 Å². The Balaban J connectivity index is 2.71. The lowest BCUT2D eigenvalue weighted by Gasteiger charge is -2.15. The summed E-state index contributed by atoms with van der Waals surface area (Å²) >= 11 is 0. The van der Waals surface area contributed by atoms with Crippen LogP contribution in [-0.4, -0.2) is 17.6 Å². The number of nitrogens with zero attached hydrogens (tertiary/aromatic N) is 1. The highest BCUT2D eigenvalue weighted by molar-refractivity contribution is 5.82. The van der Waals surface area contributed by atoms with Crippen LogP contribution in [0, 0.1) is 0 Å². The van der Waals surface area contributed by atoms with Crippen LogP contribution in [0.25, 0.3) is 0 Å². The number of pyridine rings is 1. The molecule has 19 heavy (non-hydrogen) atoms. The molecule has 0 spiro atoms. The summed E-state index contributed by atoms with van der Waals surface area (Å²) in [5.41, 5.74) is 2.14. The van der Waals surface area contributed by atoms with Crippen molar-refractivity contribution in [3.05, 3.63) is 41.7 Å². The summed E-state index contributed by atoms with van der Waals surface area (Å²) in [6.45, 7) is 6.37. The second-order valence-electron chi connectivity index (χ2n) is 4.69. The average Bonchev–Trinajstić information content (AvgIpc) is 2.39. The zero-order valence-electron chi connectivity index (χ0n) is 12.1. The number of hydrogen-bond acceptors (Lipinski definition) is 3. The monoisotopic (exact) mass is 261 g/mol. The van der Waals surface area contributed by atoms with Crippen molar-refractivity contribution in [1.82, 2.24) is 4.98 Å². The van der Waals surface area contributed by atoms with Gasteiger partial charge in [-0.05, 0) is 38.8 Å². The molecule has 0 saturated heterocycles. The summed E-state index contributed by atoms with van der Waals surface area (Å²) in [6, 6.07) is 5.99. The molecular weight excluding hydrogens is 238 g/mol. The topological polar surface area (TPSA) is 39.2 Å². The molecule has 0 aliphatic carbocycles. The van der Waals surface area contributed by atoms with E-state index in [1.165, 1.54) is 0 Å². The molecule has 1 atom stereocenters. The molecule has 0 amide bonds. The van der Waals surface area contributed by atoms with Gasteiger partial charge in [0.2, 0.25) is 0 Å². The quantitative estimate of drug-likeness (QED) is 0.552. The van der Waals surface area contributed by atoms with Crippen molar-refractivity contribution in [2.75, 3.05) is 6.61 Å². The zero-order chi connectivity index (χ0) is 14.1. The fourth-order valence-corrected chi connectivity index (χ4v) is 2.15. The molecule has 0 bridgehead atoms. The first-order valence-electron chi connectivity index (χ1n) is 6.92. The Hall–Kier alpha value is -1.64. The molecule has 3 heteroatoms. The number of esters is 1. The lowest BCUT2D eigenvalue weighted by Crippen LogP contribution is -2.04. The minimum Gasteiger partial charge on any atom is -0.463 e. The van der Waals surface area contributed by atoms with Crippen LogP contribution in [-0.2, 0) is 9.53 Å². The molecule has 1 aromatic rings. The van der Waals surface area contributed by atoms with Crippen LogP contribution in [0.5, 0.6) is 0 Å². The van der Waals surface area contributed by atoms with Crippen LogP contribution in [0.4, 0.5) is 0 Å². The number of carbonyl (C=O) groups excluding carboxylic acids is 1. The van der Waals surface area contributed by atoms with Gasteiger partial charge >= 0.3 is 5.97 Å². The van der Waals surface area contributed by atoms with E-state index in [9.17, 15) is 4.79 Å². The van der Waals surface area contributed by atoms with Gasteiger partial charge in [0.25, 0.3) is 0 Å². The number of ether oxygens (including phenoxy) is 1. The summed E-state index contributed by atoms with van der Waals surface area (Å²) in [4.78, 5) is 15.8. The Labute approximate surface area is 115 Å². The minimum absolute atomic E-state index is 0.253. The molecule has 104 valence electrons. The van der Waals surface area contributed by atoms with E-state index in [1.54, 1.807) is 6.08 Å². The second kappa shape index (κ2) is 8.46. The number of aromatic nitrogens is 1. The van der Waals surface area contributed by atoms with Crippen molar-refractivity contribution in [2.45, 2.75) is 46.0 Å². The number of rotatable bonds is 7. The average molecular weight is 261 g/mol. The third-order valence-electron chi connectivity index (χ3n) is 2.96. The molecule has 0 fully saturated rings. The standard InChI is InChI=1S/C16H23NO2/c1-4-8-14(15-9-6-7-10-17-15)11-13(3)12-16(18)19-5-2/h6-7,9-10,12,14H,4-5,8,11H2,1-3H3. The third kappa shape index (κ3) is 5.69.